The number of hydrogen-bond acceptors (Lipinski definition) is 3. The maximum absolute atomic E-state index is 12.8. The largest absolute Gasteiger partial charge is 0.434 e. The van der Waals surface area contributed by atoms with Gasteiger partial charge in [0.2, 0.25) is 0 Å². The van der Waals surface area contributed by atoms with E-state index >= 15 is 0 Å². The minimum Gasteiger partial charge on any atom is -0.334 e. The third-order valence-electron chi connectivity index (χ3n) is 4.64. The lowest BCUT2D eigenvalue weighted by Gasteiger charge is -2.23. The molecule has 0 unspecified atom stereocenters. The molecule has 1 atom stereocenters. The van der Waals surface area contributed by atoms with Crippen molar-refractivity contribution in [2.75, 3.05) is 6.54 Å². The van der Waals surface area contributed by atoms with Gasteiger partial charge in [0.05, 0.1) is 11.7 Å². The number of imidazole rings is 1. The predicted molar refractivity (Wildman–Crippen MR) is 85.9 cm³/mol. The maximum Gasteiger partial charge on any atom is 0.434 e. The van der Waals surface area contributed by atoms with E-state index < -0.39 is 11.9 Å². The highest BCUT2D eigenvalue weighted by molar-refractivity contribution is 5.53. The van der Waals surface area contributed by atoms with Crippen molar-refractivity contribution in [2.24, 2.45) is 5.92 Å². The molecule has 0 amide bonds. The van der Waals surface area contributed by atoms with E-state index in [1.54, 1.807) is 4.57 Å². The number of hydrogen-bond donors (Lipinski definition) is 1. The monoisotopic (exact) mass is 349 g/mol. The molecule has 8 heteroatoms. The molecular formula is C17H18F3N5. The summed E-state index contributed by atoms with van der Waals surface area (Å²) in [6.07, 6.45) is 1.93. The Morgan fingerprint density at radius 1 is 1.28 bits per heavy atom. The van der Waals surface area contributed by atoms with E-state index in [0.29, 0.717) is 31.3 Å². The summed E-state index contributed by atoms with van der Waals surface area (Å²) in [5.74, 6) is 0.829. The van der Waals surface area contributed by atoms with Crippen molar-refractivity contribution in [3.05, 3.63) is 53.9 Å². The fourth-order valence-corrected chi connectivity index (χ4v) is 3.35. The summed E-state index contributed by atoms with van der Waals surface area (Å²) in [7, 11) is 0. The summed E-state index contributed by atoms with van der Waals surface area (Å²) in [5.41, 5.74) is 1.38. The van der Waals surface area contributed by atoms with Crippen molar-refractivity contribution in [3.63, 3.8) is 0 Å². The van der Waals surface area contributed by atoms with Crippen molar-refractivity contribution >= 4 is 5.52 Å². The van der Waals surface area contributed by atoms with Gasteiger partial charge in [-0.2, -0.15) is 18.3 Å². The minimum absolute atomic E-state index is 0.296. The Morgan fingerprint density at radius 3 is 3.00 bits per heavy atom. The van der Waals surface area contributed by atoms with E-state index in [4.69, 9.17) is 0 Å². The first-order valence-corrected chi connectivity index (χ1v) is 8.26. The van der Waals surface area contributed by atoms with Gasteiger partial charge in [-0.1, -0.05) is 6.07 Å². The van der Waals surface area contributed by atoms with Crippen molar-refractivity contribution < 1.29 is 13.2 Å². The van der Waals surface area contributed by atoms with Gasteiger partial charge in [-0.05, 0) is 31.0 Å². The van der Waals surface area contributed by atoms with Crippen LogP contribution in [-0.4, -0.2) is 25.7 Å². The molecule has 5 nitrogen and oxygen atoms in total. The lowest BCUT2D eigenvalue weighted by atomic mass is 9.99. The molecule has 0 bridgehead atoms. The lowest BCUT2D eigenvalue weighted by Crippen LogP contribution is -2.29. The fourth-order valence-electron chi connectivity index (χ4n) is 3.35. The molecule has 0 fully saturated rings. The zero-order valence-electron chi connectivity index (χ0n) is 13.5. The summed E-state index contributed by atoms with van der Waals surface area (Å²) in [6, 6.07) is 5.92. The Bertz CT molecular complexity index is 880. The van der Waals surface area contributed by atoms with Crippen LogP contribution in [0.2, 0.25) is 0 Å². The molecule has 0 spiro atoms. The van der Waals surface area contributed by atoms with E-state index in [1.165, 1.54) is 0 Å². The molecule has 0 saturated heterocycles. The topological polar surface area (TPSA) is 47.2 Å². The molecule has 0 aliphatic carbocycles. The third-order valence-corrected chi connectivity index (χ3v) is 4.64. The molecule has 1 aliphatic rings. The first kappa shape index (κ1) is 16.1. The quantitative estimate of drug-likeness (QED) is 0.788. The van der Waals surface area contributed by atoms with Crippen LogP contribution in [0.4, 0.5) is 13.2 Å². The second-order valence-corrected chi connectivity index (χ2v) is 6.43. The minimum atomic E-state index is -4.37. The van der Waals surface area contributed by atoms with E-state index in [2.05, 4.69) is 15.4 Å². The van der Waals surface area contributed by atoms with Crippen molar-refractivity contribution in [2.45, 2.75) is 32.1 Å². The zero-order valence-corrected chi connectivity index (χ0v) is 13.5. The Kier molecular flexibility index (Phi) is 3.99. The maximum atomic E-state index is 12.8. The van der Waals surface area contributed by atoms with Gasteiger partial charge in [0, 0.05) is 37.5 Å². The molecule has 0 aromatic carbocycles. The Hall–Kier alpha value is -2.35. The van der Waals surface area contributed by atoms with Crippen LogP contribution in [0.25, 0.3) is 5.52 Å². The van der Waals surface area contributed by atoms with Gasteiger partial charge in [0.25, 0.3) is 0 Å². The molecular weight excluding hydrogens is 331 g/mol. The summed E-state index contributed by atoms with van der Waals surface area (Å²) >= 11 is 0. The van der Waals surface area contributed by atoms with Gasteiger partial charge in [-0.15, -0.1) is 0 Å². The summed E-state index contributed by atoms with van der Waals surface area (Å²) < 4.78 is 41.8. The lowest BCUT2D eigenvalue weighted by molar-refractivity contribution is -0.141. The molecule has 25 heavy (non-hydrogen) atoms. The summed E-state index contributed by atoms with van der Waals surface area (Å²) in [4.78, 5) is 3.72. The number of pyridine rings is 1. The number of aromatic nitrogens is 4. The average Bonchev–Trinajstić information content (AvgIpc) is 3.18. The number of nitrogens with zero attached hydrogens (tertiary/aromatic N) is 4. The van der Waals surface area contributed by atoms with Crippen LogP contribution >= 0.6 is 0 Å². The Balaban J connectivity index is 1.36. The molecule has 3 aromatic heterocycles. The highest BCUT2D eigenvalue weighted by Gasteiger charge is 2.35. The smallest absolute Gasteiger partial charge is 0.334 e. The molecule has 3 aromatic rings. The van der Waals surface area contributed by atoms with Crippen LogP contribution in [-0.2, 0) is 25.7 Å². The van der Waals surface area contributed by atoms with Gasteiger partial charge in [0.15, 0.2) is 5.69 Å². The third kappa shape index (κ3) is 3.26. The van der Waals surface area contributed by atoms with Crippen molar-refractivity contribution in [1.29, 1.82) is 0 Å². The molecule has 0 radical (unpaired) electrons. The van der Waals surface area contributed by atoms with Crippen LogP contribution in [0.1, 0.15) is 23.5 Å². The molecule has 1 aliphatic heterocycles. The van der Waals surface area contributed by atoms with E-state index in [-0.39, 0.29) is 0 Å². The normalized spacial score (nSPS) is 17.8. The van der Waals surface area contributed by atoms with Gasteiger partial charge < -0.3 is 9.88 Å². The summed E-state index contributed by atoms with van der Waals surface area (Å²) in [5, 5.41) is 7.71. The SMILES string of the molecule is FC(F)(F)c1cn2c(n1)CC[C@@H](CNCc1cnn3ccccc13)C2. The summed E-state index contributed by atoms with van der Waals surface area (Å²) in [6.45, 7) is 2.01. The number of aryl methyl sites for hydroxylation is 1. The Morgan fingerprint density at radius 2 is 2.16 bits per heavy atom. The molecule has 1 N–H and O–H groups in total. The highest BCUT2D eigenvalue weighted by Crippen LogP contribution is 2.30. The molecule has 4 heterocycles. The second kappa shape index (κ2) is 6.18. The van der Waals surface area contributed by atoms with Gasteiger partial charge in [-0.25, -0.2) is 9.50 Å². The standard InChI is InChI=1S/C17H18F3N5/c18-17(19,20)15-11-24-10-12(4-5-16(24)23-15)7-21-8-13-9-22-25-6-2-1-3-14(13)25/h1-3,6,9,11-12,21H,4-5,7-8,10H2/t12-/m0/s1. The van der Waals surface area contributed by atoms with Crippen LogP contribution in [0.5, 0.6) is 0 Å². The molecule has 132 valence electrons. The van der Waals surface area contributed by atoms with Crippen LogP contribution in [0, 0.1) is 5.92 Å². The van der Waals surface area contributed by atoms with Crippen LogP contribution in [0.3, 0.4) is 0 Å². The van der Waals surface area contributed by atoms with Crippen LogP contribution in [0.15, 0.2) is 36.8 Å². The van der Waals surface area contributed by atoms with Gasteiger partial charge >= 0.3 is 6.18 Å². The van der Waals surface area contributed by atoms with Gasteiger partial charge in [0.1, 0.15) is 5.82 Å². The average molecular weight is 349 g/mol. The predicted octanol–water partition coefficient (Wildman–Crippen LogP) is 2.90. The number of nitrogens with one attached hydrogen (secondary N) is 1. The van der Waals surface area contributed by atoms with E-state index in [9.17, 15) is 13.2 Å². The first-order chi connectivity index (χ1) is 12.0. The second-order valence-electron chi connectivity index (χ2n) is 6.43. The Labute approximate surface area is 142 Å². The number of halogens is 3. The highest BCUT2D eigenvalue weighted by atomic mass is 19.4. The fraction of sp³-hybridized carbons (Fsp3) is 0.412. The number of rotatable bonds is 4. The van der Waals surface area contributed by atoms with Crippen molar-refractivity contribution in [1.82, 2.24) is 24.5 Å². The van der Waals surface area contributed by atoms with E-state index in [1.807, 2.05) is 35.1 Å². The van der Waals surface area contributed by atoms with E-state index in [0.717, 1.165) is 30.2 Å². The van der Waals surface area contributed by atoms with Crippen molar-refractivity contribution in [3.8, 4) is 0 Å². The van der Waals surface area contributed by atoms with Crippen LogP contribution < -0.4 is 5.32 Å². The first-order valence-electron chi connectivity index (χ1n) is 8.26. The molecule has 4 rings (SSSR count). The molecule has 0 saturated carbocycles. The van der Waals surface area contributed by atoms with Gasteiger partial charge in [-0.3, -0.25) is 0 Å². The number of fused-ring (bicyclic) bond motifs is 2. The zero-order chi connectivity index (χ0) is 17.4. The number of alkyl halides is 3.